The Morgan fingerprint density at radius 3 is 2.93 bits per heavy atom. The Bertz CT molecular complexity index is 260. The Kier molecular flexibility index (Phi) is 4.45. The van der Waals surface area contributed by atoms with E-state index in [-0.39, 0.29) is 19.7 Å². The van der Waals surface area contributed by atoms with E-state index >= 15 is 0 Å². The average Bonchev–Trinajstić information content (AvgIpc) is 2.17. The highest BCUT2D eigenvalue weighted by Gasteiger charge is 2.29. The van der Waals surface area contributed by atoms with E-state index in [0.29, 0.717) is 0 Å². The monoisotopic (exact) mass is 238 g/mol. The highest BCUT2D eigenvalue weighted by molar-refractivity contribution is 7.79. The van der Waals surface area contributed by atoms with Crippen molar-refractivity contribution in [3.05, 3.63) is 0 Å². The van der Waals surface area contributed by atoms with Crippen LogP contribution in [0.1, 0.15) is 0 Å². The molecule has 1 amide bonds. The van der Waals surface area contributed by atoms with E-state index in [0.717, 1.165) is 4.90 Å². The molecule has 0 radical (unpaired) electrons. The molecule has 0 aliphatic carbocycles. The van der Waals surface area contributed by atoms with Gasteiger partial charge in [-0.25, -0.2) is 4.79 Å². The molecule has 2 unspecified atom stereocenters. The number of ether oxygens (including phenoxy) is 1. The van der Waals surface area contributed by atoms with Gasteiger partial charge in [0, 0.05) is 12.3 Å². The van der Waals surface area contributed by atoms with Crippen molar-refractivity contribution in [1.29, 1.82) is 0 Å². The van der Waals surface area contributed by atoms with E-state index in [9.17, 15) is 18.7 Å². The van der Waals surface area contributed by atoms with Gasteiger partial charge in [-0.15, -0.1) is 0 Å². The largest absolute Gasteiger partial charge is 0.772 e. The molecule has 0 spiro atoms. The molecule has 1 aliphatic rings. The van der Waals surface area contributed by atoms with Crippen LogP contribution in [0, 0.1) is 0 Å². The van der Waals surface area contributed by atoms with Crippen molar-refractivity contribution in [2.75, 3.05) is 25.4 Å². The van der Waals surface area contributed by atoms with E-state index in [2.05, 4.69) is 0 Å². The third-order valence-electron chi connectivity index (χ3n) is 2.10. The van der Waals surface area contributed by atoms with E-state index in [1.165, 1.54) is 0 Å². The van der Waals surface area contributed by atoms with Crippen LogP contribution in [0.4, 0.5) is 4.79 Å². The van der Waals surface area contributed by atoms with Gasteiger partial charge in [-0.1, -0.05) is 11.1 Å². The number of amides is 1. The standard InChI is InChI=1S/C7H13NO6S/c9-5(4-15(12)13)6-3-8(7(10)11)1-2-14-6/h5-6,9H,1-4H2,(H,10,11)(H,12,13)/p-1/t5?,6-/m0/s1. The van der Waals surface area contributed by atoms with Crippen LogP contribution in [-0.2, 0) is 15.8 Å². The molecule has 1 rings (SSSR count). The van der Waals surface area contributed by atoms with Gasteiger partial charge in [-0.3, -0.25) is 4.21 Å². The maximum absolute atomic E-state index is 10.6. The number of aliphatic hydroxyl groups is 1. The fourth-order valence-corrected chi connectivity index (χ4v) is 1.82. The van der Waals surface area contributed by atoms with Crippen LogP contribution in [0.5, 0.6) is 0 Å². The number of aliphatic hydroxyl groups excluding tert-OH is 1. The number of morpholine rings is 1. The van der Waals surface area contributed by atoms with Crippen LogP contribution >= 0.6 is 0 Å². The average molecular weight is 238 g/mol. The van der Waals surface area contributed by atoms with E-state index in [4.69, 9.17) is 9.84 Å². The number of carbonyl (C=O) groups is 1. The first kappa shape index (κ1) is 12.4. The van der Waals surface area contributed by atoms with Crippen LogP contribution < -0.4 is 0 Å². The summed E-state index contributed by atoms with van der Waals surface area (Å²) in [6.07, 6.45) is -3.06. The van der Waals surface area contributed by atoms with Gasteiger partial charge in [0.25, 0.3) is 0 Å². The maximum atomic E-state index is 10.6. The molecule has 15 heavy (non-hydrogen) atoms. The lowest BCUT2D eigenvalue weighted by molar-refractivity contribution is -0.0750. The molecular formula is C7H12NO6S-. The molecule has 0 saturated carbocycles. The molecule has 1 aliphatic heterocycles. The van der Waals surface area contributed by atoms with Crippen LogP contribution in [0.2, 0.25) is 0 Å². The van der Waals surface area contributed by atoms with Crippen LogP contribution in [0.25, 0.3) is 0 Å². The van der Waals surface area contributed by atoms with E-state index < -0.39 is 35.1 Å². The summed E-state index contributed by atoms with van der Waals surface area (Å²) >= 11 is -2.37. The SMILES string of the molecule is O=C(O)N1CCO[C@H](C(O)CS(=O)[O-])C1. The summed E-state index contributed by atoms with van der Waals surface area (Å²) in [4.78, 5) is 11.7. The summed E-state index contributed by atoms with van der Waals surface area (Å²) in [5.74, 6) is -0.446. The molecule has 0 bridgehead atoms. The van der Waals surface area contributed by atoms with Crippen molar-refractivity contribution in [3.63, 3.8) is 0 Å². The van der Waals surface area contributed by atoms with Gasteiger partial charge >= 0.3 is 6.09 Å². The zero-order valence-corrected chi connectivity index (χ0v) is 8.68. The Labute approximate surface area is 88.9 Å². The fourth-order valence-electron chi connectivity index (χ4n) is 1.33. The Morgan fingerprint density at radius 1 is 1.73 bits per heavy atom. The fraction of sp³-hybridized carbons (Fsp3) is 0.857. The zero-order chi connectivity index (χ0) is 11.4. The first-order valence-electron chi connectivity index (χ1n) is 4.34. The molecule has 0 aromatic heterocycles. The summed E-state index contributed by atoms with van der Waals surface area (Å²) in [6, 6.07) is 0. The quantitative estimate of drug-likeness (QED) is 0.585. The lowest BCUT2D eigenvalue weighted by Gasteiger charge is -2.33. The molecule has 8 heteroatoms. The minimum absolute atomic E-state index is 0.00625. The highest BCUT2D eigenvalue weighted by atomic mass is 32.2. The topological polar surface area (TPSA) is 110 Å². The number of rotatable bonds is 3. The molecule has 0 aromatic rings. The van der Waals surface area contributed by atoms with E-state index in [1.54, 1.807) is 0 Å². The zero-order valence-electron chi connectivity index (χ0n) is 7.87. The third kappa shape index (κ3) is 3.74. The smallest absolute Gasteiger partial charge is 0.407 e. The Balaban J connectivity index is 2.48. The van der Waals surface area contributed by atoms with Gasteiger partial charge in [-0.2, -0.15) is 0 Å². The second kappa shape index (κ2) is 5.40. The molecule has 1 fully saturated rings. The van der Waals surface area contributed by atoms with Crippen LogP contribution in [0.3, 0.4) is 0 Å². The lowest BCUT2D eigenvalue weighted by atomic mass is 10.2. The first-order valence-corrected chi connectivity index (χ1v) is 5.58. The number of hydrogen-bond donors (Lipinski definition) is 2. The Hall–Kier alpha value is -0.700. The molecule has 1 heterocycles. The summed E-state index contributed by atoms with van der Waals surface area (Å²) in [5, 5.41) is 18.1. The third-order valence-corrected chi connectivity index (χ3v) is 2.71. The molecule has 0 aromatic carbocycles. The van der Waals surface area contributed by atoms with Crippen LogP contribution in [0.15, 0.2) is 0 Å². The second-order valence-electron chi connectivity index (χ2n) is 3.18. The minimum atomic E-state index is -2.37. The molecular weight excluding hydrogens is 226 g/mol. The summed E-state index contributed by atoms with van der Waals surface area (Å²) in [7, 11) is 0. The highest BCUT2D eigenvalue weighted by Crippen LogP contribution is 2.09. The molecule has 7 nitrogen and oxygen atoms in total. The summed E-state index contributed by atoms with van der Waals surface area (Å²) < 4.78 is 25.7. The van der Waals surface area contributed by atoms with Gasteiger partial charge < -0.3 is 24.4 Å². The molecule has 88 valence electrons. The number of hydrogen-bond acceptors (Lipinski definition) is 5. The van der Waals surface area contributed by atoms with Crippen molar-refractivity contribution in [3.8, 4) is 0 Å². The van der Waals surface area contributed by atoms with Gasteiger partial charge in [-0.05, 0) is 0 Å². The molecule has 3 atom stereocenters. The number of nitrogens with zero attached hydrogens (tertiary/aromatic N) is 1. The first-order chi connectivity index (χ1) is 7.00. The van der Waals surface area contributed by atoms with Crippen LogP contribution in [-0.4, -0.2) is 67.6 Å². The molecule has 1 saturated heterocycles. The summed E-state index contributed by atoms with van der Waals surface area (Å²) in [5.41, 5.74) is 0. The van der Waals surface area contributed by atoms with Crippen molar-refractivity contribution >= 4 is 17.2 Å². The van der Waals surface area contributed by atoms with Gasteiger partial charge in [0.15, 0.2) is 0 Å². The predicted octanol–water partition coefficient (Wildman–Crippen LogP) is -1.39. The molecule has 2 N–H and O–H groups in total. The van der Waals surface area contributed by atoms with Crippen molar-refractivity contribution in [1.82, 2.24) is 4.90 Å². The predicted molar refractivity (Wildman–Crippen MR) is 49.1 cm³/mol. The normalized spacial score (nSPS) is 26.0. The summed E-state index contributed by atoms with van der Waals surface area (Å²) in [6.45, 7) is 0.395. The van der Waals surface area contributed by atoms with Crippen molar-refractivity contribution < 1.29 is 28.5 Å². The van der Waals surface area contributed by atoms with Crippen molar-refractivity contribution in [2.45, 2.75) is 12.2 Å². The van der Waals surface area contributed by atoms with Gasteiger partial charge in [0.05, 0.1) is 19.3 Å². The van der Waals surface area contributed by atoms with E-state index in [1.807, 2.05) is 0 Å². The lowest BCUT2D eigenvalue weighted by Crippen LogP contribution is -2.50. The maximum Gasteiger partial charge on any atom is 0.407 e. The van der Waals surface area contributed by atoms with Gasteiger partial charge in [0.2, 0.25) is 0 Å². The van der Waals surface area contributed by atoms with Crippen molar-refractivity contribution in [2.24, 2.45) is 0 Å². The Morgan fingerprint density at radius 2 is 2.40 bits per heavy atom. The van der Waals surface area contributed by atoms with Gasteiger partial charge in [0.1, 0.15) is 6.10 Å². The minimum Gasteiger partial charge on any atom is -0.772 e. The number of carboxylic acid groups (broad SMARTS) is 1. The second-order valence-corrected chi connectivity index (χ2v) is 4.12.